The Bertz CT molecular complexity index is 368. The highest BCUT2D eigenvalue weighted by molar-refractivity contribution is 5.01. The number of rotatable bonds is 2. The minimum absolute atomic E-state index is 0.658. The van der Waals surface area contributed by atoms with Crippen molar-refractivity contribution in [1.29, 1.82) is 0 Å². The summed E-state index contributed by atoms with van der Waals surface area (Å²) in [5, 5.41) is 8.66. The Balaban J connectivity index is 1.77. The Morgan fingerprint density at radius 2 is 2.31 bits per heavy atom. The van der Waals surface area contributed by atoms with Crippen LogP contribution >= 0.6 is 0 Å². The van der Waals surface area contributed by atoms with Crippen LogP contribution in [0.2, 0.25) is 0 Å². The van der Waals surface area contributed by atoms with E-state index in [9.17, 15) is 0 Å². The predicted molar refractivity (Wildman–Crippen MR) is 60.1 cm³/mol. The van der Waals surface area contributed by atoms with E-state index in [1.807, 2.05) is 0 Å². The molecule has 3 rings (SSSR count). The van der Waals surface area contributed by atoms with E-state index in [0.29, 0.717) is 5.92 Å². The summed E-state index contributed by atoms with van der Waals surface area (Å²) in [5.74, 6) is 3.79. The SMILES string of the molecule is CC1CCc2nnc(CC3CCOC3)n2C1. The molecule has 16 heavy (non-hydrogen) atoms. The molecule has 88 valence electrons. The zero-order valence-corrected chi connectivity index (χ0v) is 9.85. The summed E-state index contributed by atoms with van der Waals surface area (Å²) >= 11 is 0. The lowest BCUT2D eigenvalue weighted by Gasteiger charge is -2.21. The van der Waals surface area contributed by atoms with Crippen molar-refractivity contribution < 1.29 is 4.74 Å². The molecular formula is C12H19N3O. The van der Waals surface area contributed by atoms with Crippen LogP contribution in [0, 0.1) is 11.8 Å². The normalized spacial score (nSPS) is 29.3. The summed E-state index contributed by atoms with van der Waals surface area (Å²) in [6, 6.07) is 0. The second-order valence-electron chi connectivity index (χ2n) is 5.22. The summed E-state index contributed by atoms with van der Waals surface area (Å²) in [6.07, 6.45) is 4.57. The van der Waals surface area contributed by atoms with Crippen molar-refractivity contribution in [2.24, 2.45) is 11.8 Å². The van der Waals surface area contributed by atoms with Gasteiger partial charge < -0.3 is 9.30 Å². The van der Waals surface area contributed by atoms with E-state index in [1.54, 1.807) is 0 Å². The molecular weight excluding hydrogens is 202 g/mol. The van der Waals surface area contributed by atoms with E-state index >= 15 is 0 Å². The van der Waals surface area contributed by atoms with Crippen molar-refractivity contribution >= 4 is 0 Å². The van der Waals surface area contributed by atoms with Crippen LogP contribution in [0.15, 0.2) is 0 Å². The number of aryl methyl sites for hydroxylation is 1. The minimum atomic E-state index is 0.658. The highest BCUT2D eigenvalue weighted by Crippen LogP contribution is 2.23. The van der Waals surface area contributed by atoms with Gasteiger partial charge in [0, 0.05) is 32.6 Å². The Morgan fingerprint density at radius 1 is 1.38 bits per heavy atom. The molecule has 1 saturated heterocycles. The molecule has 4 nitrogen and oxygen atoms in total. The van der Waals surface area contributed by atoms with E-state index in [2.05, 4.69) is 21.7 Å². The number of fused-ring (bicyclic) bond motifs is 1. The summed E-state index contributed by atoms with van der Waals surface area (Å²) in [6.45, 7) is 5.23. The van der Waals surface area contributed by atoms with Crippen LogP contribution in [-0.2, 0) is 24.1 Å². The third kappa shape index (κ3) is 1.86. The van der Waals surface area contributed by atoms with Gasteiger partial charge in [-0.2, -0.15) is 0 Å². The Labute approximate surface area is 96.0 Å². The van der Waals surface area contributed by atoms with Crippen molar-refractivity contribution in [1.82, 2.24) is 14.8 Å². The van der Waals surface area contributed by atoms with E-state index < -0.39 is 0 Å². The van der Waals surface area contributed by atoms with E-state index in [4.69, 9.17) is 4.74 Å². The highest BCUT2D eigenvalue weighted by atomic mass is 16.5. The van der Waals surface area contributed by atoms with Crippen LogP contribution in [0.25, 0.3) is 0 Å². The van der Waals surface area contributed by atoms with Crippen LogP contribution in [0.5, 0.6) is 0 Å². The first-order chi connectivity index (χ1) is 7.83. The van der Waals surface area contributed by atoms with Gasteiger partial charge in [-0.1, -0.05) is 6.92 Å². The third-order valence-electron chi connectivity index (χ3n) is 3.75. The zero-order chi connectivity index (χ0) is 11.0. The monoisotopic (exact) mass is 221 g/mol. The summed E-state index contributed by atoms with van der Waals surface area (Å²) in [7, 11) is 0. The Hall–Kier alpha value is -0.900. The Morgan fingerprint density at radius 3 is 3.12 bits per heavy atom. The number of hydrogen-bond acceptors (Lipinski definition) is 3. The molecule has 2 aliphatic rings. The number of ether oxygens (including phenoxy) is 1. The maximum atomic E-state index is 5.41. The number of nitrogens with zero attached hydrogens (tertiary/aromatic N) is 3. The van der Waals surface area contributed by atoms with Gasteiger partial charge in [0.15, 0.2) is 0 Å². The van der Waals surface area contributed by atoms with Crippen LogP contribution in [-0.4, -0.2) is 28.0 Å². The maximum Gasteiger partial charge on any atom is 0.133 e. The first kappa shape index (κ1) is 10.3. The minimum Gasteiger partial charge on any atom is -0.381 e. The smallest absolute Gasteiger partial charge is 0.133 e. The zero-order valence-electron chi connectivity index (χ0n) is 9.85. The fourth-order valence-electron chi connectivity index (χ4n) is 2.70. The fourth-order valence-corrected chi connectivity index (χ4v) is 2.70. The van der Waals surface area contributed by atoms with Crippen molar-refractivity contribution in [3.8, 4) is 0 Å². The van der Waals surface area contributed by atoms with Gasteiger partial charge in [0.1, 0.15) is 11.6 Å². The van der Waals surface area contributed by atoms with Gasteiger partial charge in [0.2, 0.25) is 0 Å². The molecule has 0 aromatic carbocycles. The number of hydrogen-bond donors (Lipinski definition) is 0. The standard InChI is InChI=1S/C12H19N3O/c1-9-2-3-11-13-14-12(15(11)7-9)6-10-4-5-16-8-10/h9-10H,2-8H2,1H3. The second-order valence-corrected chi connectivity index (χ2v) is 5.22. The molecule has 0 N–H and O–H groups in total. The van der Waals surface area contributed by atoms with Gasteiger partial charge in [-0.15, -0.1) is 10.2 Å². The molecule has 0 aliphatic carbocycles. The molecule has 2 atom stereocenters. The lowest BCUT2D eigenvalue weighted by atomic mass is 10.0. The molecule has 3 heterocycles. The molecule has 2 aliphatic heterocycles. The van der Waals surface area contributed by atoms with Gasteiger partial charge >= 0.3 is 0 Å². The fraction of sp³-hybridized carbons (Fsp3) is 0.833. The largest absolute Gasteiger partial charge is 0.381 e. The predicted octanol–water partition coefficient (Wildman–Crippen LogP) is 1.44. The molecule has 0 amide bonds. The lowest BCUT2D eigenvalue weighted by Crippen LogP contribution is -2.21. The van der Waals surface area contributed by atoms with Crippen molar-refractivity contribution in [2.45, 2.75) is 39.2 Å². The first-order valence-electron chi connectivity index (χ1n) is 6.31. The molecule has 2 unspecified atom stereocenters. The Kier molecular flexibility index (Phi) is 2.67. The summed E-state index contributed by atoms with van der Waals surface area (Å²) < 4.78 is 7.75. The van der Waals surface area contributed by atoms with Crippen molar-refractivity contribution in [3.05, 3.63) is 11.6 Å². The highest BCUT2D eigenvalue weighted by Gasteiger charge is 2.23. The van der Waals surface area contributed by atoms with Crippen LogP contribution in [0.3, 0.4) is 0 Å². The van der Waals surface area contributed by atoms with Gasteiger partial charge in [-0.25, -0.2) is 0 Å². The van der Waals surface area contributed by atoms with Crippen molar-refractivity contribution in [2.75, 3.05) is 13.2 Å². The molecule has 0 saturated carbocycles. The average molecular weight is 221 g/mol. The molecule has 1 fully saturated rings. The van der Waals surface area contributed by atoms with Crippen LogP contribution in [0.4, 0.5) is 0 Å². The summed E-state index contributed by atoms with van der Waals surface area (Å²) in [5.41, 5.74) is 0. The molecule has 4 heteroatoms. The van der Waals surface area contributed by atoms with Gasteiger partial charge in [0.25, 0.3) is 0 Å². The van der Waals surface area contributed by atoms with Gasteiger partial charge in [0.05, 0.1) is 0 Å². The van der Waals surface area contributed by atoms with Gasteiger partial charge in [-0.3, -0.25) is 0 Å². The molecule has 0 bridgehead atoms. The molecule has 1 aromatic heterocycles. The quantitative estimate of drug-likeness (QED) is 0.758. The average Bonchev–Trinajstić information content (AvgIpc) is 2.90. The van der Waals surface area contributed by atoms with E-state index in [1.165, 1.54) is 24.5 Å². The van der Waals surface area contributed by atoms with Gasteiger partial charge in [-0.05, 0) is 24.7 Å². The van der Waals surface area contributed by atoms with Crippen LogP contribution in [0.1, 0.15) is 31.4 Å². The topological polar surface area (TPSA) is 39.9 Å². The molecule has 0 spiro atoms. The molecule has 1 aromatic rings. The lowest BCUT2D eigenvalue weighted by molar-refractivity contribution is 0.185. The summed E-state index contributed by atoms with van der Waals surface area (Å²) in [4.78, 5) is 0. The number of aromatic nitrogens is 3. The van der Waals surface area contributed by atoms with E-state index in [-0.39, 0.29) is 0 Å². The third-order valence-corrected chi connectivity index (χ3v) is 3.75. The first-order valence-corrected chi connectivity index (χ1v) is 6.31. The van der Waals surface area contributed by atoms with Crippen molar-refractivity contribution in [3.63, 3.8) is 0 Å². The second kappa shape index (κ2) is 4.17. The van der Waals surface area contributed by atoms with E-state index in [0.717, 1.165) is 38.5 Å². The maximum absolute atomic E-state index is 5.41. The van der Waals surface area contributed by atoms with Crippen LogP contribution < -0.4 is 0 Å². The molecule has 0 radical (unpaired) electrons.